The van der Waals surface area contributed by atoms with E-state index in [0.29, 0.717) is 78.5 Å². The van der Waals surface area contributed by atoms with E-state index < -0.39 is 0 Å². The molecule has 0 aliphatic rings. The molecule has 56 heavy (non-hydrogen) atoms. The van der Waals surface area contributed by atoms with Crippen LogP contribution in [0.3, 0.4) is 0 Å². The van der Waals surface area contributed by atoms with Gasteiger partial charge in [0.2, 0.25) is 0 Å². The van der Waals surface area contributed by atoms with Gasteiger partial charge in [0.25, 0.3) is 0 Å². The van der Waals surface area contributed by atoms with Crippen molar-refractivity contribution in [2.45, 2.75) is 53.4 Å². The van der Waals surface area contributed by atoms with E-state index in [-0.39, 0.29) is 23.1 Å². The second-order valence-corrected chi connectivity index (χ2v) is 12.6. The van der Waals surface area contributed by atoms with Gasteiger partial charge in [0.15, 0.2) is 11.6 Å². The van der Waals surface area contributed by atoms with Gasteiger partial charge < -0.3 is 31.2 Å². The minimum Gasteiger partial charge on any atom is -0.507 e. The van der Waals surface area contributed by atoms with Gasteiger partial charge in [-0.2, -0.15) is 0 Å². The van der Waals surface area contributed by atoms with E-state index in [4.69, 9.17) is 20.9 Å². The number of carbonyl (C=O) groups is 2. The van der Waals surface area contributed by atoms with E-state index >= 15 is 0 Å². The molecule has 0 unspecified atom stereocenters. The smallest absolute Gasteiger partial charge is 0.185 e. The van der Waals surface area contributed by atoms with Gasteiger partial charge in [-0.3, -0.25) is 9.59 Å². The molecule has 0 aliphatic carbocycles. The maximum Gasteiger partial charge on any atom is 0.185 e. The SMILES string of the molecule is C=CCc1cc(C=CC(=O)c2ccc(N)cc2)c(OCC)c(CC=C)c1O.CC=CCc1cc(C=CC(=O)c2ccc(N)cc2)c(OCC)c(CC=CC)c1O. The summed E-state index contributed by atoms with van der Waals surface area (Å²) in [7, 11) is 0. The molecule has 8 heteroatoms. The number of anilines is 2. The Hall–Kier alpha value is -6.54. The van der Waals surface area contributed by atoms with Gasteiger partial charge in [-0.25, -0.2) is 0 Å². The summed E-state index contributed by atoms with van der Waals surface area (Å²) < 4.78 is 11.6. The molecule has 0 radical (unpaired) electrons. The quantitative estimate of drug-likeness (QED) is 0.0340. The van der Waals surface area contributed by atoms with Gasteiger partial charge in [-0.05, 0) is 149 Å². The summed E-state index contributed by atoms with van der Waals surface area (Å²) in [5, 5.41) is 21.4. The number of carbonyl (C=O) groups excluding carboxylic acids is 2. The molecule has 8 nitrogen and oxygen atoms in total. The van der Waals surface area contributed by atoms with Crippen LogP contribution in [0.5, 0.6) is 23.0 Å². The summed E-state index contributed by atoms with van der Waals surface area (Å²) in [6, 6.07) is 17.3. The number of benzene rings is 4. The highest BCUT2D eigenvalue weighted by Crippen LogP contribution is 2.38. The number of phenolic OH excluding ortho intramolecular Hbond substituents is 2. The number of allylic oxidation sites excluding steroid dienone is 8. The minimum atomic E-state index is -0.138. The first-order chi connectivity index (χ1) is 27.0. The fraction of sp³-hybridized carbons (Fsp3) is 0.208. The molecule has 4 rings (SSSR count). The number of hydrogen-bond acceptors (Lipinski definition) is 8. The second-order valence-electron chi connectivity index (χ2n) is 12.6. The van der Waals surface area contributed by atoms with E-state index in [1.54, 1.807) is 72.8 Å². The predicted octanol–water partition coefficient (Wildman–Crippen LogP) is 10.2. The Labute approximate surface area is 331 Å². The van der Waals surface area contributed by atoms with Gasteiger partial charge >= 0.3 is 0 Å². The Morgan fingerprint density at radius 1 is 0.625 bits per heavy atom. The molecule has 0 saturated heterocycles. The number of ketones is 2. The Balaban J connectivity index is 0.000000301. The van der Waals surface area contributed by atoms with Gasteiger partial charge in [0.05, 0.1) is 13.2 Å². The lowest BCUT2D eigenvalue weighted by molar-refractivity contribution is 0.103. The summed E-state index contributed by atoms with van der Waals surface area (Å²) in [4.78, 5) is 25.0. The van der Waals surface area contributed by atoms with E-state index in [1.807, 2.05) is 64.1 Å². The van der Waals surface area contributed by atoms with Crippen LogP contribution in [0.1, 0.15) is 81.8 Å². The second kappa shape index (κ2) is 22.6. The molecule has 0 aromatic heterocycles. The van der Waals surface area contributed by atoms with Crippen LogP contribution in [0, 0.1) is 0 Å². The van der Waals surface area contributed by atoms with Crippen molar-refractivity contribution < 1.29 is 29.3 Å². The van der Waals surface area contributed by atoms with Crippen LogP contribution in [-0.2, 0) is 25.7 Å². The van der Waals surface area contributed by atoms with Gasteiger partial charge in [0.1, 0.15) is 23.0 Å². The summed E-state index contributed by atoms with van der Waals surface area (Å²) in [5.74, 6) is 1.33. The number of hydrogen-bond donors (Lipinski definition) is 4. The first-order valence-electron chi connectivity index (χ1n) is 18.6. The zero-order chi connectivity index (χ0) is 41.0. The lowest BCUT2D eigenvalue weighted by Gasteiger charge is -2.17. The molecular weight excluding hydrogens is 701 g/mol. The number of nitrogens with two attached hydrogens (primary N) is 2. The molecule has 292 valence electrons. The highest BCUT2D eigenvalue weighted by atomic mass is 16.5. The largest absolute Gasteiger partial charge is 0.507 e. The Morgan fingerprint density at radius 2 is 1.02 bits per heavy atom. The topological polar surface area (TPSA) is 145 Å². The molecule has 4 aromatic rings. The van der Waals surface area contributed by atoms with Crippen molar-refractivity contribution in [2.75, 3.05) is 24.7 Å². The number of rotatable bonds is 18. The third kappa shape index (κ3) is 12.2. The molecule has 0 aliphatic heterocycles. The predicted molar refractivity (Wildman–Crippen MR) is 232 cm³/mol. The summed E-state index contributed by atoms with van der Waals surface area (Å²) in [6.07, 6.45) is 19.9. The van der Waals surface area contributed by atoms with Crippen molar-refractivity contribution in [3.8, 4) is 23.0 Å². The normalized spacial score (nSPS) is 11.2. The summed E-state index contributed by atoms with van der Waals surface area (Å²) in [6.45, 7) is 16.1. The van der Waals surface area contributed by atoms with Crippen molar-refractivity contribution in [3.63, 3.8) is 0 Å². The van der Waals surface area contributed by atoms with Crippen LogP contribution >= 0.6 is 0 Å². The van der Waals surface area contributed by atoms with Crippen molar-refractivity contribution >= 4 is 35.1 Å². The summed E-state index contributed by atoms with van der Waals surface area (Å²) >= 11 is 0. The Morgan fingerprint density at radius 3 is 1.41 bits per heavy atom. The van der Waals surface area contributed by atoms with Gasteiger partial charge in [-0.15, -0.1) is 13.2 Å². The Bertz CT molecular complexity index is 2090. The maximum atomic E-state index is 12.5. The minimum absolute atomic E-state index is 0.120. The fourth-order valence-electron chi connectivity index (χ4n) is 5.76. The van der Waals surface area contributed by atoms with Crippen molar-refractivity contribution in [1.82, 2.24) is 0 Å². The maximum absolute atomic E-state index is 12.5. The first-order valence-corrected chi connectivity index (χ1v) is 18.6. The zero-order valence-electron chi connectivity index (χ0n) is 32.9. The lowest BCUT2D eigenvalue weighted by Crippen LogP contribution is -2.02. The van der Waals surface area contributed by atoms with Crippen molar-refractivity contribution in [1.29, 1.82) is 0 Å². The van der Waals surface area contributed by atoms with Gasteiger partial charge in [0, 0.05) is 44.8 Å². The van der Waals surface area contributed by atoms with Crippen LogP contribution in [0.15, 0.2) is 122 Å². The molecular formula is C48H54N2O6. The van der Waals surface area contributed by atoms with Crippen LogP contribution < -0.4 is 20.9 Å². The Kier molecular flexibility index (Phi) is 17.7. The van der Waals surface area contributed by atoms with Crippen LogP contribution in [-0.4, -0.2) is 35.0 Å². The van der Waals surface area contributed by atoms with E-state index in [2.05, 4.69) is 13.2 Å². The zero-order valence-corrected chi connectivity index (χ0v) is 32.9. The fourth-order valence-corrected chi connectivity index (χ4v) is 5.76. The molecule has 0 amide bonds. The third-order valence-electron chi connectivity index (χ3n) is 8.55. The first kappa shape index (κ1) is 43.9. The van der Waals surface area contributed by atoms with E-state index in [0.717, 1.165) is 27.8 Å². The van der Waals surface area contributed by atoms with E-state index in [9.17, 15) is 19.8 Å². The number of nitrogen functional groups attached to an aromatic ring is 2. The van der Waals surface area contributed by atoms with Crippen molar-refractivity contribution in [3.05, 3.63) is 167 Å². The van der Waals surface area contributed by atoms with E-state index in [1.165, 1.54) is 12.2 Å². The van der Waals surface area contributed by atoms with Gasteiger partial charge in [-0.1, -0.05) is 36.5 Å². The molecule has 0 heterocycles. The van der Waals surface area contributed by atoms with Crippen LogP contribution in [0.4, 0.5) is 11.4 Å². The monoisotopic (exact) mass is 754 g/mol. The molecule has 6 N–H and O–H groups in total. The average Bonchev–Trinajstić information content (AvgIpc) is 3.19. The molecule has 0 fully saturated rings. The lowest BCUT2D eigenvalue weighted by atomic mass is 9.97. The average molecular weight is 755 g/mol. The standard InChI is InChI=1S/C25H29NO3.C23H25NO3/c1-4-7-9-19-17-20(13-16-23(27)18-11-14-21(26)15-12-18)25(29-6-3)22(24(19)28)10-8-5-2;1-4-7-17-15-18(23(27-6-3)20(8-5-2)22(17)26)11-14-21(25)16-9-12-19(24)13-10-16/h4-5,7-8,11-17,28H,6,9-10,26H2,1-3H3;4-5,9-15,26H,1-2,6-8,24H2,3H3. The molecule has 0 atom stereocenters. The van der Waals surface area contributed by atoms with Crippen LogP contribution in [0.25, 0.3) is 12.2 Å². The van der Waals surface area contributed by atoms with Crippen molar-refractivity contribution in [2.24, 2.45) is 0 Å². The molecule has 0 saturated carbocycles. The van der Waals surface area contributed by atoms with Crippen LogP contribution in [0.2, 0.25) is 0 Å². The number of phenols is 2. The molecule has 0 bridgehead atoms. The molecule has 4 aromatic carbocycles. The molecule has 0 spiro atoms. The highest BCUT2D eigenvalue weighted by molar-refractivity contribution is 6.07. The number of aromatic hydroxyl groups is 2. The number of ether oxygens (including phenoxy) is 2. The summed E-state index contributed by atoms with van der Waals surface area (Å²) in [5.41, 5.74) is 18.1. The third-order valence-corrected chi connectivity index (χ3v) is 8.55. The highest BCUT2D eigenvalue weighted by Gasteiger charge is 2.18.